The van der Waals surface area contributed by atoms with Gasteiger partial charge in [-0.05, 0) is 11.4 Å². The van der Waals surface area contributed by atoms with E-state index >= 15 is 0 Å². The molecule has 0 aliphatic carbocycles. The third-order valence-corrected chi connectivity index (χ3v) is 3.80. The van der Waals surface area contributed by atoms with Crippen molar-refractivity contribution in [3.63, 3.8) is 0 Å². The molecule has 2 rings (SSSR count). The van der Waals surface area contributed by atoms with Crippen LogP contribution in [0.1, 0.15) is 11.8 Å². The number of hydrogen-bond donors (Lipinski definition) is 1. The molecule has 0 aromatic carbocycles. The maximum Gasteiger partial charge on any atom is 0.239 e. The van der Waals surface area contributed by atoms with Gasteiger partial charge in [-0.15, -0.1) is 11.3 Å². The second kappa shape index (κ2) is 5.97. The molecule has 1 aromatic heterocycles. The predicted octanol–water partition coefficient (Wildman–Crippen LogP) is 0.486. The molecule has 1 aliphatic heterocycles. The Morgan fingerprint density at radius 1 is 1.33 bits per heavy atom. The molecule has 0 spiro atoms. The highest BCUT2D eigenvalue weighted by Crippen LogP contribution is 2.09. The molecule has 1 aliphatic rings. The summed E-state index contributed by atoms with van der Waals surface area (Å²) in [6.07, 6.45) is 0.421. The van der Waals surface area contributed by atoms with Crippen LogP contribution < -0.4 is 5.43 Å². The average Bonchev–Trinajstić information content (AvgIpc) is 2.82. The van der Waals surface area contributed by atoms with Crippen LogP contribution in [0.4, 0.5) is 0 Å². The minimum atomic E-state index is 0.00808. The topological polar surface area (TPSA) is 52.7 Å². The Bertz CT molecular complexity index is 411. The predicted molar refractivity (Wildman–Crippen MR) is 70.0 cm³/mol. The van der Waals surface area contributed by atoms with E-state index in [1.54, 1.807) is 23.2 Å². The fourth-order valence-electron chi connectivity index (χ4n) is 1.92. The summed E-state index contributed by atoms with van der Waals surface area (Å²) in [6.45, 7) is 4.31. The maximum absolute atomic E-state index is 11.8. The number of carbonyl (C=O) groups is 2. The molecule has 0 radical (unpaired) electrons. The number of hydrazine groups is 1. The van der Waals surface area contributed by atoms with E-state index in [9.17, 15) is 9.59 Å². The van der Waals surface area contributed by atoms with E-state index in [0.29, 0.717) is 32.6 Å². The third kappa shape index (κ3) is 3.54. The lowest BCUT2D eigenvalue weighted by atomic mass is 10.3. The van der Waals surface area contributed by atoms with E-state index in [4.69, 9.17) is 0 Å². The van der Waals surface area contributed by atoms with Crippen LogP contribution in [0.5, 0.6) is 0 Å². The van der Waals surface area contributed by atoms with Gasteiger partial charge in [-0.25, -0.2) is 5.01 Å². The van der Waals surface area contributed by atoms with Crippen molar-refractivity contribution >= 4 is 23.2 Å². The van der Waals surface area contributed by atoms with E-state index in [1.165, 1.54) is 0 Å². The molecule has 98 valence electrons. The number of nitrogens with one attached hydrogen (secondary N) is 1. The molecule has 5 nitrogen and oxygen atoms in total. The van der Waals surface area contributed by atoms with E-state index in [2.05, 4.69) is 5.43 Å². The summed E-state index contributed by atoms with van der Waals surface area (Å²) in [4.78, 5) is 25.8. The number of thiophene rings is 1. The van der Waals surface area contributed by atoms with Gasteiger partial charge in [-0.2, -0.15) is 0 Å². The SMILES string of the molecule is CC(=O)N1CCN(NC(=O)Cc2cccs2)CC1. The van der Waals surface area contributed by atoms with Crippen molar-refractivity contribution in [3.8, 4) is 0 Å². The van der Waals surface area contributed by atoms with Crippen LogP contribution in [0.25, 0.3) is 0 Å². The number of carbonyl (C=O) groups excluding carboxylic acids is 2. The standard InChI is InChI=1S/C12H17N3O2S/c1-10(16)14-4-6-15(7-5-14)13-12(17)9-11-3-2-8-18-11/h2-3,8H,4-7,9H2,1H3,(H,13,17). The lowest BCUT2D eigenvalue weighted by Gasteiger charge is -2.34. The first-order valence-corrected chi connectivity index (χ1v) is 6.85. The molecule has 1 N–H and O–H groups in total. The van der Waals surface area contributed by atoms with Gasteiger partial charge in [0.1, 0.15) is 0 Å². The molecule has 1 aromatic rings. The molecule has 0 unspecified atom stereocenters. The van der Waals surface area contributed by atoms with Crippen LogP contribution in [0, 0.1) is 0 Å². The van der Waals surface area contributed by atoms with Crippen LogP contribution in [0.2, 0.25) is 0 Å². The first-order valence-electron chi connectivity index (χ1n) is 5.97. The number of hydrogen-bond acceptors (Lipinski definition) is 4. The summed E-state index contributed by atoms with van der Waals surface area (Å²) in [7, 11) is 0. The van der Waals surface area contributed by atoms with Crippen molar-refractivity contribution < 1.29 is 9.59 Å². The second-order valence-corrected chi connectivity index (χ2v) is 5.32. The maximum atomic E-state index is 11.8. The zero-order valence-corrected chi connectivity index (χ0v) is 11.2. The van der Waals surface area contributed by atoms with E-state index in [0.717, 1.165) is 4.88 Å². The highest BCUT2D eigenvalue weighted by Gasteiger charge is 2.19. The number of rotatable bonds is 3. The Labute approximate surface area is 110 Å². The van der Waals surface area contributed by atoms with Gasteiger partial charge in [0.05, 0.1) is 6.42 Å². The van der Waals surface area contributed by atoms with Crippen molar-refractivity contribution in [2.75, 3.05) is 26.2 Å². The van der Waals surface area contributed by atoms with Crippen molar-refractivity contribution in [1.82, 2.24) is 15.3 Å². The minimum Gasteiger partial charge on any atom is -0.340 e. The van der Waals surface area contributed by atoms with Crippen LogP contribution in [0.15, 0.2) is 17.5 Å². The molecule has 2 heterocycles. The molecule has 0 saturated carbocycles. The summed E-state index contributed by atoms with van der Waals surface area (Å²) in [5.74, 6) is 0.105. The summed E-state index contributed by atoms with van der Waals surface area (Å²) in [6, 6.07) is 3.90. The quantitative estimate of drug-likeness (QED) is 0.867. The Morgan fingerprint density at radius 2 is 2.06 bits per heavy atom. The monoisotopic (exact) mass is 267 g/mol. The van der Waals surface area contributed by atoms with Crippen molar-refractivity contribution in [1.29, 1.82) is 0 Å². The molecular formula is C12H17N3O2S. The normalized spacial score (nSPS) is 16.6. The third-order valence-electron chi connectivity index (χ3n) is 2.92. The fourth-order valence-corrected chi connectivity index (χ4v) is 2.62. The zero-order valence-electron chi connectivity index (χ0n) is 10.4. The lowest BCUT2D eigenvalue weighted by Crippen LogP contribution is -2.54. The van der Waals surface area contributed by atoms with Crippen molar-refractivity contribution in [3.05, 3.63) is 22.4 Å². The van der Waals surface area contributed by atoms with Gasteiger partial charge in [-0.3, -0.25) is 15.0 Å². The van der Waals surface area contributed by atoms with E-state index in [-0.39, 0.29) is 11.8 Å². The van der Waals surface area contributed by atoms with E-state index < -0.39 is 0 Å². The summed E-state index contributed by atoms with van der Waals surface area (Å²) in [5.41, 5.74) is 2.88. The Morgan fingerprint density at radius 3 is 2.61 bits per heavy atom. The van der Waals surface area contributed by atoms with Gasteiger partial charge in [-0.1, -0.05) is 6.07 Å². The van der Waals surface area contributed by atoms with Crippen LogP contribution >= 0.6 is 11.3 Å². The fraction of sp³-hybridized carbons (Fsp3) is 0.500. The molecule has 0 atom stereocenters. The first-order chi connectivity index (χ1) is 8.65. The molecule has 2 amide bonds. The Kier molecular flexibility index (Phi) is 4.33. The summed E-state index contributed by atoms with van der Waals surface area (Å²) in [5, 5.41) is 3.85. The number of amides is 2. The van der Waals surface area contributed by atoms with Crippen LogP contribution in [0.3, 0.4) is 0 Å². The molecule has 1 saturated heterocycles. The van der Waals surface area contributed by atoms with Crippen molar-refractivity contribution in [2.24, 2.45) is 0 Å². The van der Waals surface area contributed by atoms with Gasteiger partial charge < -0.3 is 4.90 Å². The average molecular weight is 267 g/mol. The summed E-state index contributed by atoms with van der Waals surface area (Å²) < 4.78 is 0. The van der Waals surface area contributed by atoms with Crippen molar-refractivity contribution in [2.45, 2.75) is 13.3 Å². The highest BCUT2D eigenvalue weighted by atomic mass is 32.1. The first kappa shape index (κ1) is 13.0. The largest absolute Gasteiger partial charge is 0.340 e. The molecule has 18 heavy (non-hydrogen) atoms. The number of piperazine rings is 1. The Hall–Kier alpha value is -1.40. The number of nitrogens with zero attached hydrogens (tertiary/aromatic N) is 2. The Balaban J connectivity index is 1.74. The van der Waals surface area contributed by atoms with E-state index in [1.807, 2.05) is 22.5 Å². The molecular weight excluding hydrogens is 250 g/mol. The smallest absolute Gasteiger partial charge is 0.239 e. The lowest BCUT2D eigenvalue weighted by molar-refractivity contribution is -0.132. The molecule has 6 heteroatoms. The molecule has 1 fully saturated rings. The molecule has 0 bridgehead atoms. The van der Waals surface area contributed by atoms with Gasteiger partial charge >= 0.3 is 0 Å². The van der Waals surface area contributed by atoms with Crippen LogP contribution in [-0.4, -0.2) is 47.9 Å². The van der Waals surface area contributed by atoms with Gasteiger partial charge in [0.25, 0.3) is 0 Å². The zero-order chi connectivity index (χ0) is 13.0. The minimum absolute atomic E-state index is 0.00808. The second-order valence-electron chi connectivity index (χ2n) is 4.28. The van der Waals surface area contributed by atoms with Crippen LogP contribution in [-0.2, 0) is 16.0 Å². The van der Waals surface area contributed by atoms with Gasteiger partial charge in [0.15, 0.2) is 0 Å². The van der Waals surface area contributed by atoms with Gasteiger partial charge in [0, 0.05) is 38.0 Å². The van der Waals surface area contributed by atoms with Gasteiger partial charge in [0.2, 0.25) is 11.8 Å². The summed E-state index contributed by atoms with van der Waals surface area (Å²) >= 11 is 1.59. The highest BCUT2D eigenvalue weighted by molar-refractivity contribution is 7.10.